The van der Waals surface area contributed by atoms with Crippen molar-refractivity contribution in [3.8, 4) is 5.75 Å². The van der Waals surface area contributed by atoms with Crippen molar-refractivity contribution in [2.45, 2.75) is 17.0 Å². The quantitative estimate of drug-likeness (QED) is 0.689. The Morgan fingerprint density at radius 1 is 1.12 bits per heavy atom. The average molecular weight is 350 g/mol. The van der Waals surface area contributed by atoms with Gasteiger partial charge in [-0.2, -0.15) is 0 Å². The predicted octanol–water partition coefficient (Wildman–Crippen LogP) is 1.13. The van der Waals surface area contributed by atoms with Gasteiger partial charge in [-0.3, -0.25) is 4.79 Å². The summed E-state index contributed by atoms with van der Waals surface area (Å²) in [4.78, 5) is 11.3. The molecular formula is C16H18N2O5S. The molecule has 0 spiro atoms. The van der Waals surface area contributed by atoms with Crippen molar-refractivity contribution in [1.29, 1.82) is 0 Å². The molecule has 24 heavy (non-hydrogen) atoms. The van der Waals surface area contributed by atoms with Gasteiger partial charge in [-0.25, -0.2) is 13.1 Å². The summed E-state index contributed by atoms with van der Waals surface area (Å²) in [6.07, 6.45) is 0. The first-order chi connectivity index (χ1) is 11.3. The van der Waals surface area contributed by atoms with Crippen molar-refractivity contribution >= 4 is 16.0 Å². The van der Waals surface area contributed by atoms with Gasteiger partial charge in [0, 0.05) is 0 Å². The minimum Gasteiger partial charge on any atom is -0.497 e. The molecule has 0 fully saturated rings. The molecular weight excluding hydrogens is 332 g/mol. The van der Waals surface area contributed by atoms with Crippen LogP contribution in [-0.2, 0) is 14.8 Å². The number of ether oxygens (including phenoxy) is 1. The molecule has 0 unspecified atom stereocenters. The summed E-state index contributed by atoms with van der Waals surface area (Å²) in [6, 6.07) is 11.4. The summed E-state index contributed by atoms with van der Waals surface area (Å²) >= 11 is 0. The van der Waals surface area contributed by atoms with Crippen LogP contribution in [0.1, 0.15) is 11.6 Å². The zero-order chi connectivity index (χ0) is 17.7. The van der Waals surface area contributed by atoms with E-state index in [0.717, 1.165) is 0 Å². The molecule has 2 rings (SSSR count). The van der Waals surface area contributed by atoms with E-state index < -0.39 is 28.1 Å². The average Bonchev–Trinajstić information content (AvgIpc) is 2.60. The van der Waals surface area contributed by atoms with Gasteiger partial charge in [0.15, 0.2) is 0 Å². The van der Waals surface area contributed by atoms with Gasteiger partial charge in [0.2, 0.25) is 10.0 Å². The normalized spacial score (nSPS) is 13.9. The number of nitrogens with two attached hydrogens (primary N) is 1. The number of carboxylic acid groups (broad SMARTS) is 1. The van der Waals surface area contributed by atoms with E-state index in [1.165, 1.54) is 19.2 Å². The summed E-state index contributed by atoms with van der Waals surface area (Å²) in [5.41, 5.74) is 6.11. The van der Waals surface area contributed by atoms with E-state index in [2.05, 4.69) is 4.72 Å². The fourth-order valence-corrected chi connectivity index (χ4v) is 3.41. The summed E-state index contributed by atoms with van der Waals surface area (Å²) in [5.74, 6) is -0.751. The summed E-state index contributed by atoms with van der Waals surface area (Å²) in [5, 5.41) is 9.20. The van der Waals surface area contributed by atoms with Crippen molar-refractivity contribution in [1.82, 2.24) is 4.72 Å². The van der Waals surface area contributed by atoms with Crippen LogP contribution in [0.15, 0.2) is 59.5 Å². The molecule has 128 valence electrons. The largest absolute Gasteiger partial charge is 0.497 e. The van der Waals surface area contributed by atoms with Gasteiger partial charge >= 0.3 is 5.97 Å². The van der Waals surface area contributed by atoms with E-state index in [-0.39, 0.29) is 4.90 Å². The lowest BCUT2D eigenvalue weighted by molar-refractivity contribution is -0.139. The third kappa shape index (κ3) is 4.10. The predicted molar refractivity (Wildman–Crippen MR) is 88.1 cm³/mol. The number of rotatable bonds is 7. The van der Waals surface area contributed by atoms with Gasteiger partial charge in [-0.15, -0.1) is 0 Å². The first-order valence-electron chi connectivity index (χ1n) is 7.05. The summed E-state index contributed by atoms with van der Waals surface area (Å²) < 4.78 is 32.4. The fourth-order valence-electron chi connectivity index (χ4n) is 2.14. The first-order valence-corrected chi connectivity index (χ1v) is 8.53. The van der Waals surface area contributed by atoms with Crippen LogP contribution in [-0.4, -0.2) is 32.6 Å². The zero-order valence-electron chi connectivity index (χ0n) is 12.9. The molecule has 0 aliphatic rings. The Bertz CT molecular complexity index is 791. The minimum atomic E-state index is -3.93. The van der Waals surface area contributed by atoms with Crippen molar-refractivity contribution in [2.24, 2.45) is 5.73 Å². The Hall–Kier alpha value is -2.42. The van der Waals surface area contributed by atoms with Gasteiger partial charge < -0.3 is 15.6 Å². The molecule has 7 nitrogen and oxygen atoms in total. The standard InChI is InChI=1S/C16H18N2O5S/c1-23-12-9-7-11(8-10-12)15(14(17)16(19)20)18-24(21,22)13-5-3-2-4-6-13/h2-10,14-15,18H,17H2,1H3,(H,19,20)/t14-,15+/m1/s1. The number of aliphatic carboxylic acids is 1. The second-order valence-electron chi connectivity index (χ2n) is 5.05. The first kappa shape index (κ1) is 17.9. The van der Waals surface area contributed by atoms with Crippen molar-refractivity contribution in [3.05, 3.63) is 60.2 Å². The van der Waals surface area contributed by atoms with E-state index in [0.29, 0.717) is 11.3 Å². The smallest absolute Gasteiger partial charge is 0.322 e. The van der Waals surface area contributed by atoms with Crippen LogP contribution in [0.2, 0.25) is 0 Å². The Morgan fingerprint density at radius 3 is 2.21 bits per heavy atom. The van der Waals surface area contributed by atoms with Gasteiger partial charge in [0.1, 0.15) is 11.8 Å². The molecule has 0 aromatic heterocycles. The molecule has 0 aliphatic carbocycles. The Balaban J connectivity index is 2.38. The highest BCUT2D eigenvalue weighted by atomic mass is 32.2. The van der Waals surface area contributed by atoms with Crippen LogP contribution in [0.4, 0.5) is 0 Å². The molecule has 2 aromatic rings. The third-order valence-corrected chi connectivity index (χ3v) is 4.91. The molecule has 8 heteroatoms. The number of hydrogen-bond acceptors (Lipinski definition) is 5. The zero-order valence-corrected chi connectivity index (χ0v) is 13.7. The van der Waals surface area contributed by atoms with Gasteiger partial charge in [0.05, 0.1) is 18.0 Å². The van der Waals surface area contributed by atoms with Crippen LogP contribution >= 0.6 is 0 Å². The highest BCUT2D eigenvalue weighted by molar-refractivity contribution is 7.89. The van der Waals surface area contributed by atoms with Gasteiger partial charge in [-0.1, -0.05) is 30.3 Å². The highest BCUT2D eigenvalue weighted by Gasteiger charge is 2.30. The van der Waals surface area contributed by atoms with Crippen molar-refractivity contribution in [3.63, 3.8) is 0 Å². The number of benzene rings is 2. The molecule has 0 saturated carbocycles. The SMILES string of the molecule is COc1ccc([C@H](NS(=O)(=O)c2ccccc2)[C@@H](N)C(=O)O)cc1. The van der Waals surface area contributed by atoms with Crippen LogP contribution in [0.25, 0.3) is 0 Å². The molecule has 0 aliphatic heterocycles. The molecule has 2 atom stereocenters. The highest BCUT2D eigenvalue weighted by Crippen LogP contribution is 2.22. The molecule has 0 amide bonds. The van der Waals surface area contributed by atoms with Crippen LogP contribution < -0.4 is 15.2 Å². The maximum Gasteiger partial charge on any atom is 0.322 e. The number of methoxy groups -OCH3 is 1. The molecule has 0 radical (unpaired) electrons. The lowest BCUT2D eigenvalue weighted by Gasteiger charge is -2.23. The lowest BCUT2D eigenvalue weighted by atomic mass is 10.0. The minimum absolute atomic E-state index is 0.0288. The van der Waals surface area contributed by atoms with Crippen LogP contribution in [0.5, 0.6) is 5.75 Å². The number of carbonyl (C=O) groups is 1. The summed E-state index contributed by atoms with van der Waals surface area (Å²) in [6.45, 7) is 0. The fraction of sp³-hybridized carbons (Fsp3) is 0.188. The Labute approximate surface area is 140 Å². The van der Waals surface area contributed by atoms with E-state index >= 15 is 0 Å². The maximum atomic E-state index is 12.5. The van der Waals surface area contributed by atoms with E-state index in [9.17, 15) is 18.3 Å². The van der Waals surface area contributed by atoms with Gasteiger partial charge in [-0.05, 0) is 29.8 Å². The molecule has 2 aromatic carbocycles. The van der Waals surface area contributed by atoms with Crippen LogP contribution in [0, 0.1) is 0 Å². The van der Waals surface area contributed by atoms with E-state index in [1.54, 1.807) is 42.5 Å². The topological polar surface area (TPSA) is 119 Å². The number of nitrogens with one attached hydrogen (secondary N) is 1. The van der Waals surface area contributed by atoms with Crippen LogP contribution in [0.3, 0.4) is 0 Å². The Kier molecular flexibility index (Phi) is 5.55. The second kappa shape index (κ2) is 7.43. The van der Waals surface area contributed by atoms with E-state index in [4.69, 9.17) is 10.5 Å². The van der Waals surface area contributed by atoms with E-state index in [1.807, 2.05) is 0 Å². The second-order valence-corrected chi connectivity index (χ2v) is 6.76. The number of sulfonamides is 1. The number of carboxylic acids is 1. The van der Waals surface area contributed by atoms with Crippen molar-refractivity contribution < 1.29 is 23.1 Å². The monoisotopic (exact) mass is 350 g/mol. The third-order valence-electron chi connectivity index (χ3n) is 3.45. The number of hydrogen-bond donors (Lipinski definition) is 3. The molecule has 0 saturated heterocycles. The molecule has 0 heterocycles. The molecule has 0 bridgehead atoms. The Morgan fingerprint density at radius 2 is 1.71 bits per heavy atom. The molecule has 4 N–H and O–H groups in total. The van der Waals surface area contributed by atoms with Gasteiger partial charge in [0.25, 0.3) is 0 Å². The maximum absolute atomic E-state index is 12.5. The van der Waals surface area contributed by atoms with Crippen molar-refractivity contribution in [2.75, 3.05) is 7.11 Å². The summed E-state index contributed by atoms with van der Waals surface area (Å²) in [7, 11) is -2.43. The lowest BCUT2D eigenvalue weighted by Crippen LogP contribution is -2.45.